The maximum atomic E-state index is 11.0. The quantitative estimate of drug-likeness (QED) is 0.383. The van der Waals surface area contributed by atoms with Gasteiger partial charge in [0.2, 0.25) is 11.8 Å². The molecule has 6 heteroatoms. The van der Waals surface area contributed by atoms with Crippen molar-refractivity contribution in [2.24, 2.45) is 5.11 Å². The summed E-state index contributed by atoms with van der Waals surface area (Å²) in [5.74, 6) is -0.830. The number of benzene rings is 1. The average molecular weight is 244 g/mol. The second kappa shape index (κ2) is 6.22. The van der Waals surface area contributed by atoms with E-state index in [1.165, 1.54) is 19.1 Å². The molecule has 1 aromatic rings. The lowest BCUT2D eigenvalue weighted by atomic mass is 10.1. The Morgan fingerprint density at radius 3 is 2.78 bits per heavy atom. The van der Waals surface area contributed by atoms with Crippen molar-refractivity contribution in [3.05, 3.63) is 45.8 Å². The van der Waals surface area contributed by atoms with E-state index in [2.05, 4.69) is 15.3 Å². The van der Waals surface area contributed by atoms with Crippen molar-refractivity contribution >= 4 is 23.6 Å². The lowest BCUT2D eigenvalue weighted by Crippen LogP contribution is -2.07. The van der Waals surface area contributed by atoms with Gasteiger partial charge in [0, 0.05) is 17.5 Å². The molecule has 0 saturated heterocycles. The van der Waals surface area contributed by atoms with Crippen molar-refractivity contribution in [2.45, 2.75) is 13.8 Å². The Hall–Kier alpha value is -2.59. The standard InChI is InChI=1S/C12H12N4O2/c1-8-3-4-10(5-6-12(18)15-16-13)7-11(8)14-9(2)17/h3-7H,1-2H3,(H,14,17)/b6-5+. The van der Waals surface area contributed by atoms with Crippen molar-refractivity contribution < 1.29 is 9.59 Å². The summed E-state index contributed by atoms with van der Waals surface area (Å²) in [6.07, 6.45) is 2.68. The molecule has 6 nitrogen and oxygen atoms in total. The molecule has 2 amide bonds. The van der Waals surface area contributed by atoms with Gasteiger partial charge >= 0.3 is 0 Å². The van der Waals surface area contributed by atoms with Crippen LogP contribution in [0.4, 0.5) is 5.69 Å². The van der Waals surface area contributed by atoms with Gasteiger partial charge in [-0.25, -0.2) is 0 Å². The highest BCUT2D eigenvalue weighted by Gasteiger charge is 2.01. The van der Waals surface area contributed by atoms with Crippen LogP contribution < -0.4 is 5.32 Å². The Morgan fingerprint density at radius 2 is 2.17 bits per heavy atom. The van der Waals surface area contributed by atoms with Gasteiger partial charge in [-0.3, -0.25) is 9.59 Å². The van der Waals surface area contributed by atoms with E-state index in [1.54, 1.807) is 12.1 Å². The van der Waals surface area contributed by atoms with Gasteiger partial charge in [-0.2, -0.15) is 0 Å². The molecule has 0 heterocycles. The van der Waals surface area contributed by atoms with Crippen LogP contribution in [0.15, 0.2) is 29.4 Å². The van der Waals surface area contributed by atoms with Crippen LogP contribution in [-0.2, 0) is 9.59 Å². The Morgan fingerprint density at radius 1 is 1.44 bits per heavy atom. The van der Waals surface area contributed by atoms with Gasteiger partial charge in [-0.05, 0) is 40.8 Å². The molecule has 0 aromatic heterocycles. The highest BCUT2D eigenvalue weighted by atomic mass is 16.2. The first kappa shape index (κ1) is 13.5. The summed E-state index contributed by atoms with van der Waals surface area (Å²) < 4.78 is 0. The topological polar surface area (TPSA) is 94.9 Å². The molecular formula is C12H12N4O2. The molecule has 0 saturated carbocycles. The minimum atomic E-state index is -0.667. The largest absolute Gasteiger partial charge is 0.326 e. The fourth-order valence-corrected chi connectivity index (χ4v) is 1.31. The third kappa shape index (κ3) is 4.11. The van der Waals surface area contributed by atoms with E-state index >= 15 is 0 Å². The molecule has 0 radical (unpaired) electrons. The first-order valence-corrected chi connectivity index (χ1v) is 5.18. The smallest absolute Gasteiger partial charge is 0.242 e. The van der Waals surface area contributed by atoms with Crippen molar-refractivity contribution in [2.75, 3.05) is 5.32 Å². The maximum Gasteiger partial charge on any atom is 0.242 e. The third-order valence-electron chi connectivity index (χ3n) is 2.13. The highest BCUT2D eigenvalue weighted by Crippen LogP contribution is 2.17. The van der Waals surface area contributed by atoms with Crippen LogP contribution in [-0.4, -0.2) is 11.8 Å². The van der Waals surface area contributed by atoms with E-state index < -0.39 is 5.91 Å². The van der Waals surface area contributed by atoms with Gasteiger partial charge in [0.1, 0.15) is 0 Å². The van der Waals surface area contributed by atoms with E-state index in [1.807, 2.05) is 13.0 Å². The molecule has 0 aliphatic carbocycles. The number of hydrogen-bond acceptors (Lipinski definition) is 2. The lowest BCUT2D eigenvalue weighted by Gasteiger charge is -2.07. The summed E-state index contributed by atoms with van der Waals surface area (Å²) in [7, 11) is 0. The number of azide groups is 1. The molecule has 0 atom stereocenters. The normalized spacial score (nSPS) is 9.89. The Kier molecular flexibility index (Phi) is 4.66. The van der Waals surface area contributed by atoms with Gasteiger partial charge in [0.15, 0.2) is 0 Å². The van der Waals surface area contributed by atoms with Crippen LogP contribution in [0, 0.1) is 6.92 Å². The summed E-state index contributed by atoms with van der Waals surface area (Å²) in [5, 5.41) is 5.60. The van der Waals surface area contributed by atoms with Crippen molar-refractivity contribution in [3.63, 3.8) is 0 Å². The fraction of sp³-hybridized carbons (Fsp3) is 0.167. The van der Waals surface area contributed by atoms with E-state index in [0.29, 0.717) is 5.69 Å². The number of amides is 2. The zero-order chi connectivity index (χ0) is 13.5. The first-order valence-electron chi connectivity index (χ1n) is 5.18. The summed E-state index contributed by atoms with van der Waals surface area (Å²) in [4.78, 5) is 24.3. The molecule has 0 spiro atoms. The number of aryl methyl sites for hydroxylation is 1. The Labute approximate surface area is 104 Å². The number of anilines is 1. The van der Waals surface area contributed by atoms with Crippen LogP contribution >= 0.6 is 0 Å². The number of nitrogens with zero attached hydrogens (tertiary/aromatic N) is 3. The van der Waals surface area contributed by atoms with Gasteiger partial charge in [-0.1, -0.05) is 18.2 Å². The predicted molar refractivity (Wildman–Crippen MR) is 68.7 cm³/mol. The van der Waals surface area contributed by atoms with E-state index in [9.17, 15) is 9.59 Å². The van der Waals surface area contributed by atoms with Gasteiger partial charge < -0.3 is 5.32 Å². The number of carbonyl (C=O) groups excluding carboxylic acids is 2. The summed E-state index contributed by atoms with van der Waals surface area (Å²) in [6, 6.07) is 5.35. The summed E-state index contributed by atoms with van der Waals surface area (Å²) >= 11 is 0. The van der Waals surface area contributed by atoms with Crippen LogP contribution in [0.3, 0.4) is 0 Å². The van der Waals surface area contributed by atoms with Crippen LogP contribution in [0.2, 0.25) is 0 Å². The lowest BCUT2D eigenvalue weighted by molar-refractivity contribution is -0.114. The molecule has 18 heavy (non-hydrogen) atoms. The second-order valence-electron chi connectivity index (χ2n) is 3.62. The predicted octanol–water partition coefficient (Wildman–Crippen LogP) is 2.80. The molecule has 92 valence electrons. The monoisotopic (exact) mass is 244 g/mol. The third-order valence-corrected chi connectivity index (χ3v) is 2.13. The Balaban J connectivity index is 2.94. The molecule has 0 aliphatic rings. The molecule has 0 bridgehead atoms. The van der Waals surface area contributed by atoms with E-state index in [-0.39, 0.29) is 5.91 Å². The fourth-order valence-electron chi connectivity index (χ4n) is 1.31. The summed E-state index contributed by atoms with van der Waals surface area (Å²) in [5.41, 5.74) is 10.4. The summed E-state index contributed by atoms with van der Waals surface area (Å²) in [6.45, 7) is 3.29. The minimum Gasteiger partial charge on any atom is -0.326 e. The van der Waals surface area contributed by atoms with Crippen molar-refractivity contribution in [3.8, 4) is 0 Å². The van der Waals surface area contributed by atoms with Gasteiger partial charge in [0.25, 0.3) is 0 Å². The van der Waals surface area contributed by atoms with Crippen LogP contribution in [0.5, 0.6) is 0 Å². The molecule has 1 N–H and O–H groups in total. The molecular weight excluding hydrogens is 232 g/mol. The molecule has 0 aliphatic heterocycles. The van der Waals surface area contributed by atoms with Crippen molar-refractivity contribution in [1.82, 2.24) is 0 Å². The van der Waals surface area contributed by atoms with Gasteiger partial charge in [0.05, 0.1) is 0 Å². The molecule has 1 rings (SSSR count). The number of carbonyl (C=O) groups is 2. The second-order valence-corrected chi connectivity index (χ2v) is 3.62. The SMILES string of the molecule is CC(=O)Nc1cc(/C=C/C(=O)N=[N+]=[N-])ccc1C. The highest BCUT2D eigenvalue weighted by molar-refractivity contribution is 5.93. The zero-order valence-corrected chi connectivity index (χ0v) is 10.0. The van der Waals surface area contributed by atoms with E-state index in [0.717, 1.165) is 11.1 Å². The average Bonchev–Trinajstić information content (AvgIpc) is 2.30. The first-order chi connectivity index (χ1) is 8.52. The molecule has 0 fully saturated rings. The van der Waals surface area contributed by atoms with Crippen LogP contribution in [0.1, 0.15) is 18.1 Å². The zero-order valence-electron chi connectivity index (χ0n) is 10.0. The van der Waals surface area contributed by atoms with Crippen LogP contribution in [0.25, 0.3) is 16.5 Å². The molecule has 0 unspecified atom stereocenters. The maximum absolute atomic E-state index is 11.0. The number of hydrogen-bond donors (Lipinski definition) is 1. The number of nitrogens with one attached hydrogen (secondary N) is 1. The molecule has 1 aromatic carbocycles. The number of rotatable bonds is 3. The Bertz CT molecular complexity index is 557. The van der Waals surface area contributed by atoms with E-state index in [4.69, 9.17) is 5.53 Å². The van der Waals surface area contributed by atoms with Crippen molar-refractivity contribution in [1.29, 1.82) is 0 Å². The minimum absolute atomic E-state index is 0.163. The van der Waals surface area contributed by atoms with Gasteiger partial charge in [-0.15, -0.1) is 0 Å².